The molecule has 0 aliphatic heterocycles. The highest BCUT2D eigenvalue weighted by atomic mass is 32.2. The third-order valence-corrected chi connectivity index (χ3v) is 6.21. The van der Waals surface area contributed by atoms with Gasteiger partial charge in [-0.2, -0.15) is 0 Å². The third kappa shape index (κ3) is 2.82. The number of fused-ring (bicyclic) bond motifs is 2. The first-order valence-electron chi connectivity index (χ1n) is 8.67. The molecule has 1 aromatic heterocycles. The quantitative estimate of drug-likeness (QED) is 0.759. The maximum absolute atomic E-state index is 13.1. The molecule has 1 aliphatic rings. The van der Waals surface area contributed by atoms with E-state index in [1.807, 2.05) is 43.3 Å². The lowest BCUT2D eigenvalue weighted by molar-refractivity contribution is 0.426. The molecule has 3 aromatic rings. The summed E-state index contributed by atoms with van der Waals surface area (Å²) >= 11 is 0. The predicted octanol–water partition coefficient (Wildman–Crippen LogP) is 3.57. The van der Waals surface area contributed by atoms with Crippen molar-refractivity contribution in [1.29, 1.82) is 0 Å². The molecule has 1 heterocycles. The molecule has 7 heteroatoms. The summed E-state index contributed by atoms with van der Waals surface area (Å²) < 4.78 is 34.0. The van der Waals surface area contributed by atoms with Gasteiger partial charge in [-0.1, -0.05) is 29.4 Å². The fourth-order valence-corrected chi connectivity index (χ4v) is 4.78. The van der Waals surface area contributed by atoms with Crippen molar-refractivity contribution in [3.63, 3.8) is 0 Å². The van der Waals surface area contributed by atoms with Crippen molar-refractivity contribution in [3.05, 3.63) is 47.7 Å². The molecule has 4 rings (SSSR count). The maximum atomic E-state index is 13.1. The predicted molar refractivity (Wildman–Crippen MR) is 102 cm³/mol. The normalized spacial score (nSPS) is 14.2. The zero-order valence-electron chi connectivity index (χ0n) is 14.8. The number of anilines is 2. The van der Waals surface area contributed by atoms with Crippen molar-refractivity contribution in [1.82, 2.24) is 5.16 Å². The zero-order valence-corrected chi connectivity index (χ0v) is 15.6. The minimum absolute atomic E-state index is 0.236. The number of sulfonamides is 1. The number of aryl methyl sites for hydroxylation is 1. The van der Waals surface area contributed by atoms with Gasteiger partial charge in [-0.3, -0.25) is 0 Å². The van der Waals surface area contributed by atoms with Crippen LogP contribution in [0.2, 0.25) is 0 Å². The highest BCUT2D eigenvalue weighted by Gasteiger charge is 2.25. The first-order valence-corrected chi connectivity index (χ1v) is 10.1. The van der Waals surface area contributed by atoms with Crippen LogP contribution in [0, 0.1) is 0 Å². The number of nitrogens with one attached hydrogen (secondary N) is 1. The van der Waals surface area contributed by atoms with Crippen LogP contribution >= 0.6 is 0 Å². The molecule has 2 aromatic carbocycles. The van der Waals surface area contributed by atoms with Crippen LogP contribution < -0.4 is 9.62 Å². The summed E-state index contributed by atoms with van der Waals surface area (Å²) in [6, 6.07) is 11.0. The molecule has 136 valence electrons. The summed E-state index contributed by atoms with van der Waals surface area (Å²) in [7, 11) is 0.0909. The Hall–Kier alpha value is -2.54. The number of benzene rings is 2. The summed E-state index contributed by atoms with van der Waals surface area (Å²) in [5.41, 5.74) is 2.72. The second kappa shape index (κ2) is 6.32. The van der Waals surface area contributed by atoms with Crippen molar-refractivity contribution in [2.45, 2.75) is 30.6 Å². The van der Waals surface area contributed by atoms with Gasteiger partial charge in [-0.25, -0.2) is 13.1 Å². The standard InChI is InChI=1S/C19H21N3O3S/c1-22(2)17-11-5-9-14-13(17)8-6-12-18(14)26(23,24)21-19-15-7-3-4-10-16(15)20-25-19/h5-6,8-9,11-12,21H,3-4,7,10H2,1-2H3. The lowest BCUT2D eigenvalue weighted by atomic mass is 9.98. The minimum Gasteiger partial charge on any atom is -0.377 e. The van der Waals surface area contributed by atoms with Gasteiger partial charge in [-0.05, 0) is 37.8 Å². The van der Waals surface area contributed by atoms with Crippen molar-refractivity contribution in [2.75, 3.05) is 23.7 Å². The molecule has 0 bridgehead atoms. The summed E-state index contributed by atoms with van der Waals surface area (Å²) in [6.07, 6.45) is 3.70. The van der Waals surface area contributed by atoms with Crippen LogP contribution in [0.25, 0.3) is 10.8 Å². The monoisotopic (exact) mass is 371 g/mol. The number of nitrogens with zero attached hydrogens (tertiary/aromatic N) is 2. The molecule has 0 spiro atoms. The summed E-state index contributed by atoms with van der Waals surface area (Å²) in [6.45, 7) is 0. The van der Waals surface area contributed by atoms with Gasteiger partial charge in [0, 0.05) is 36.1 Å². The summed E-state index contributed by atoms with van der Waals surface area (Å²) in [4.78, 5) is 2.21. The molecule has 0 saturated heterocycles. The molecule has 0 radical (unpaired) electrons. The van der Waals surface area contributed by atoms with Crippen LogP contribution in [0.5, 0.6) is 0 Å². The van der Waals surface area contributed by atoms with E-state index in [0.29, 0.717) is 5.39 Å². The molecule has 0 fully saturated rings. The second-order valence-corrected chi connectivity index (χ2v) is 8.42. The van der Waals surface area contributed by atoms with Gasteiger partial charge in [0.15, 0.2) is 0 Å². The lowest BCUT2D eigenvalue weighted by Crippen LogP contribution is -2.15. The van der Waals surface area contributed by atoms with Gasteiger partial charge >= 0.3 is 0 Å². The van der Waals surface area contributed by atoms with Gasteiger partial charge in [0.25, 0.3) is 10.0 Å². The van der Waals surface area contributed by atoms with E-state index >= 15 is 0 Å². The van der Waals surface area contributed by atoms with E-state index in [0.717, 1.165) is 48.0 Å². The molecular weight excluding hydrogens is 350 g/mol. The molecule has 1 aliphatic carbocycles. The van der Waals surface area contributed by atoms with Gasteiger partial charge in [0.2, 0.25) is 5.88 Å². The minimum atomic E-state index is -3.79. The average Bonchev–Trinajstić information content (AvgIpc) is 3.03. The molecule has 0 atom stereocenters. The van der Waals surface area contributed by atoms with Crippen LogP contribution in [-0.2, 0) is 22.9 Å². The molecular formula is C19H21N3O3S. The number of rotatable bonds is 4. The largest absolute Gasteiger partial charge is 0.377 e. The van der Waals surface area contributed by atoms with E-state index in [4.69, 9.17) is 4.52 Å². The van der Waals surface area contributed by atoms with Crippen molar-refractivity contribution >= 4 is 32.4 Å². The Kier molecular flexibility index (Phi) is 4.11. The van der Waals surface area contributed by atoms with E-state index in [1.54, 1.807) is 12.1 Å². The number of aromatic nitrogens is 1. The van der Waals surface area contributed by atoms with Gasteiger partial charge in [0.1, 0.15) is 0 Å². The Labute approximate surface area is 152 Å². The van der Waals surface area contributed by atoms with Crippen LogP contribution in [0.4, 0.5) is 11.6 Å². The molecule has 0 amide bonds. The summed E-state index contributed by atoms with van der Waals surface area (Å²) in [5, 5.41) is 5.59. The topological polar surface area (TPSA) is 75.4 Å². The molecule has 0 saturated carbocycles. The van der Waals surface area contributed by atoms with E-state index in [1.165, 1.54) is 0 Å². The third-order valence-electron chi connectivity index (χ3n) is 4.82. The fourth-order valence-electron chi connectivity index (χ4n) is 3.54. The highest BCUT2D eigenvalue weighted by molar-refractivity contribution is 7.93. The Bertz CT molecular complexity index is 1070. The van der Waals surface area contributed by atoms with E-state index < -0.39 is 10.0 Å². The molecule has 26 heavy (non-hydrogen) atoms. The fraction of sp³-hybridized carbons (Fsp3) is 0.316. The SMILES string of the molecule is CN(C)c1cccc2c(S(=O)(=O)Nc3onc4c3CCCC4)cccc12. The first kappa shape index (κ1) is 16.9. The highest BCUT2D eigenvalue weighted by Crippen LogP contribution is 2.33. The van der Waals surface area contributed by atoms with Crippen LogP contribution in [-0.4, -0.2) is 27.7 Å². The Balaban J connectivity index is 1.79. The Morgan fingerprint density at radius 2 is 1.77 bits per heavy atom. The van der Waals surface area contributed by atoms with Gasteiger partial charge < -0.3 is 9.42 Å². The molecule has 6 nitrogen and oxygen atoms in total. The van der Waals surface area contributed by atoms with Crippen molar-refractivity contribution in [2.24, 2.45) is 0 Å². The summed E-state index contributed by atoms with van der Waals surface area (Å²) in [5.74, 6) is 0.250. The molecule has 1 N–H and O–H groups in total. The first-order chi connectivity index (χ1) is 12.5. The van der Waals surface area contributed by atoms with Crippen LogP contribution in [0.1, 0.15) is 24.1 Å². The van der Waals surface area contributed by atoms with E-state index in [9.17, 15) is 8.42 Å². The average molecular weight is 371 g/mol. The molecule has 0 unspecified atom stereocenters. The van der Waals surface area contributed by atoms with Crippen LogP contribution in [0.15, 0.2) is 45.8 Å². The van der Waals surface area contributed by atoms with Gasteiger partial charge in [0.05, 0.1) is 10.6 Å². The Morgan fingerprint density at radius 3 is 2.58 bits per heavy atom. The second-order valence-electron chi connectivity index (χ2n) is 6.77. The number of hydrogen-bond acceptors (Lipinski definition) is 5. The maximum Gasteiger partial charge on any atom is 0.264 e. The lowest BCUT2D eigenvalue weighted by Gasteiger charge is -2.17. The van der Waals surface area contributed by atoms with Crippen molar-refractivity contribution < 1.29 is 12.9 Å². The smallest absolute Gasteiger partial charge is 0.264 e. The van der Waals surface area contributed by atoms with Gasteiger partial charge in [-0.15, -0.1) is 0 Å². The van der Waals surface area contributed by atoms with E-state index in [2.05, 4.69) is 9.88 Å². The van der Waals surface area contributed by atoms with Crippen LogP contribution in [0.3, 0.4) is 0 Å². The number of hydrogen-bond donors (Lipinski definition) is 1. The Morgan fingerprint density at radius 1 is 1.04 bits per heavy atom. The van der Waals surface area contributed by atoms with E-state index in [-0.39, 0.29) is 10.8 Å². The van der Waals surface area contributed by atoms with Crippen molar-refractivity contribution in [3.8, 4) is 0 Å². The zero-order chi connectivity index (χ0) is 18.3.